The molecule has 0 aliphatic rings. The van der Waals surface area contributed by atoms with E-state index < -0.39 is 0 Å². The molecule has 4 N–H and O–H groups in total. The molecular weight excluding hydrogens is 204 g/mol. The topological polar surface area (TPSA) is 95.6 Å². The first-order valence-electron chi connectivity index (χ1n) is 5.02. The Hall–Kier alpha value is -2.11. The molecule has 84 valence electrons. The molecule has 0 radical (unpaired) electrons. The van der Waals surface area contributed by atoms with E-state index in [1.54, 1.807) is 10.7 Å². The third kappa shape index (κ3) is 1.95. The van der Waals surface area contributed by atoms with E-state index in [0.29, 0.717) is 17.6 Å². The number of hydrogen-bond donors (Lipinski definition) is 2. The number of nitrogens with two attached hydrogens (primary N) is 2. The van der Waals surface area contributed by atoms with Crippen LogP contribution in [0.4, 0.5) is 11.8 Å². The lowest BCUT2D eigenvalue weighted by atomic mass is 10.1. The van der Waals surface area contributed by atoms with Gasteiger partial charge in [-0.2, -0.15) is 15.1 Å². The molecule has 6 heteroatoms. The average molecular weight is 218 g/mol. The summed E-state index contributed by atoms with van der Waals surface area (Å²) in [6.07, 6.45) is 1.83. The van der Waals surface area contributed by atoms with Crippen LogP contribution in [-0.4, -0.2) is 19.7 Å². The number of nitrogen functional groups attached to an aromatic ring is 2. The van der Waals surface area contributed by atoms with Gasteiger partial charge in [-0.25, -0.2) is 4.68 Å². The van der Waals surface area contributed by atoms with E-state index in [0.717, 1.165) is 5.69 Å². The number of rotatable bonds is 2. The lowest BCUT2D eigenvalue weighted by molar-refractivity contribution is 0.757. The number of aromatic nitrogens is 4. The van der Waals surface area contributed by atoms with Gasteiger partial charge in [0.25, 0.3) is 0 Å². The highest BCUT2D eigenvalue weighted by Gasteiger charge is 2.07. The van der Waals surface area contributed by atoms with Crippen molar-refractivity contribution in [2.75, 3.05) is 11.5 Å². The molecule has 2 aromatic heterocycles. The van der Waals surface area contributed by atoms with Crippen LogP contribution in [0.3, 0.4) is 0 Å². The molecule has 6 nitrogen and oxygen atoms in total. The molecule has 0 aliphatic carbocycles. The van der Waals surface area contributed by atoms with Crippen molar-refractivity contribution in [2.45, 2.75) is 19.8 Å². The van der Waals surface area contributed by atoms with Gasteiger partial charge in [-0.15, -0.1) is 0 Å². The number of hydrogen-bond acceptors (Lipinski definition) is 5. The Labute approximate surface area is 93.3 Å². The van der Waals surface area contributed by atoms with Gasteiger partial charge in [-0.05, 0) is 12.0 Å². The Morgan fingerprint density at radius 3 is 2.56 bits per heavy atom. The summed E-state index contributed by atoms with van der Waals surface area (Å²) in [5, 5.41) is 4.38. The average Bonchev–Trinajstić information content (AvgIpc) is 2.64. The summed E-state index contributed by atoms with van der Waals surface area (Å²) in [7, 11) is 0. The second kappa shape index (κ2) is 3.80. The van der Waals surface area contributed by atoms with Crippen molar-refractivity contribution in [2.24, 2.45) is 0 Å². The maximum Gasteiger partial charge on any atom is 0.224 e. The monoisotopic (exact) mass is 218 g/mol. The molecule has 0 bridgehead atoms. The van der Waals surface area contributed by atoms with Crippen LogP contribution in [0.5, 0.6) is 0 Å². The molecule has 0 saturated carbocycles. The largest absolute Gasteiger partial charge is 0.383 e. The maximum atomic E-state index is 5.59. The van der Waals surface area contributed by atoms with Gasteiger partial charge in [0.15, 0.2) is 5.82 Å². The van der Waals surface area contributed by atoms with Gasteiger partial charge in [0, 0.05) is 12.3 Å². The Kier molecular flexibility index (Phi) is 2.47. The van der Waals surface area contributed by atoms with Crippen LogP contribution in [-0.2, 0) is 0 Å². The van der Waals surface area contributed by atoms with E-state index in [2.05, 4.69) is 28.9 Å². The van der Waals surface area contributed by atoms with Crippen molar-refractivity contribution in [3.05, 3.63) is 24.0 Å². The number of anilines is 2. The van der Waals surface area contributed by atoms with Crippen molar-refractivity contribution in [1.29, 1.82) is 0 Å². The van der Waals surface area contributed by atoms with E-state index in [4.69, 9.17) is 11.5 Å². The quantitative estimate of drug-likeness (QED) is 0.782. The highest BCUT2D eigenvalue weighted by atomic mass is 15.3. The second-order valence-corrected chi connectivity index (χ2v) is 3.85. The fraction of sp³-hybridized carbons (Fsp3) is 0.300. The summed E-state index contributed by atoms with van der Waals surface area (Å²) < 4.78 is 1.64. The minimum Gasteiger partial charge on any atom is -0.383 e. The molecule has 2 rings (SSSR count). The van der Waals surface area contributed by atoms with E-state index in [1.807, 2.05) is 12.3 Å². The highest BCUT2D eigenvalue weighted by Crippen LogP contribution is 2.14. The molecule has 0 unspecified atom stereocenters. The minimum absolute atomic E-state index is 0.150. The number of nitrogens with zero attached hydrogens (tertiary/aromatic N) is 4. The summed E-state index contributed by atoms with van der Waals surface area (Å²) in [6, 6.07) is 3.58. The fourth-order valence-electron chi connectivity index (χ4n) is 1.36. The Balaban J connectivity index is 2.42. The zero-order chi connectivity index (χ0) is 11.7. The third-order valence-corrected chi connectivity index (χ3v) is 2.19. The van der Waals surface area contributed by atoms with Gasteiger partial charge in [0.05, 0.1) is 5.69 Å². The first-order chi connectivity index (χ1) is 7.56. The third-order valence-electron chi connectivity index (χ3n) is 2.19. The molecule has 0 spiro atoms. The second-order valence-electron chi connectivity index (χ2n) is 3.85. The molecule has 0 saturated heterocycles. The molecule has 0 aromatic carbocycles. The highest BCUT2D eigenvalue weighted by molar-refractivity contribution is 5.41. The molecule has 2 aromatic rings. The van der Waals surface area contributed by atoms with Crippen LogP contribution in [0, 0.1) is 0 Å². The zero-order valence-corrected chi connectivity index (χ0v) is 9.25. The van der Waals surface area contributed by atoms with Crippen molar-refractivity contribution < 1.29 is 0 Å². The lowest BCUT2D eigenvalue weighted by Gasteiger charge is -2.03. The predicted octanol–water partition coefficient (Wildman–Crippen LogP) is 0.950. The Morgan fingerprint density at radius 1 is 1.25 bits per heavy atom. The molecule has 0 atom stereocenters. The van der Waals surface area contributed by atoms with Crippen molar-refractivity contribution in [1.82, 2.24) is 19.7 Å². The van der Waals surface area contributed by atoms with Gasteiger partial charge < -0.3 is 11.5 Å². The van der Waals surface area contributed by atoms with Crippen LogP contribution < -0.4 is 11.5 Å². The Morgan fingerprint density at radius 2 is 2.00 bits per heavy atom. The predicted molar refractivity (Wildman–Crippen MR) is 62.1 cm³/mol. The van der Waals surface area contributed by atoms with Gasteiger partial charge >= 0.3 is 0 Å². The van der Waals surface area contributed by atoms with Crippen molar-refractivity contribution in [3.8, 4) is 5.82 Å². The molecule has 0 fully saturated rings. The summed E-state index contributed by atoms with van der Waals surface area (Å²) >= 11 is 0. The first kappa shape index (κ1) is 10.4. The van der Waals surface area contributed by atoms with Crippen molar-refractivity contribution in [3.63, 3.8) is 0 Å². The van der Waals surface area contributed by atoms with Gasteiger partial charge in [-0.3, -0.25) is 0 Å². The molecule has 2 heterocycles. The van der Waals surface area contributed by atoms with Crippen LogP contribution in [0.15, 0.2) is 18.3 Å². The zero-order valence-electron chi connectivity index (χ0n) is 9.25. The van der Waals surface area contributed by atoms with Crippen LogP contribution in [0.2, 0.25) is 0 Å². The van der Waals surface area contributed by atoms with Crippen LogP contribution in [0.25, 0.3) is 5.82 Å². The van der Waals surface area contributed by atoms with E-state index in [-0.39, 0.29) is 5.95 Å². The van der Waals surface area contributed by atoms with E-state index >= 15 is 0 Å². The SMILES string of the molecule is CC(C)c1ccn(-c2cc(N)nc(N)n2)n1. The maximum absolute atomic E-state index is 5.59. The van der Waals surface area contributed by atoms with E-state index in [9.17, 15) is 0 Å². The lowest BCUT2D eigenvalue weighted by Crippen LogP contribution is -2.06. The van der Waals surface area contributed by atoms with Crippen LogP contribution >= 0.6 is 0 Å². The Bertz CT molecular complexity index is 482. The smallest absolute Gasteiger partial charge is 0.224 e. The molecular formula is C10H14N6. The van der Waals surface area contributed by atoms with Crippen LogP contribution in [0.1, 0.15) is 25.5 Å². The standard InChI is InChI=1S/C10H14N6/c1-6(2)7-3-4-16(15-7)9-5-8(11)13-10(12)14-9/h3-6H,1-2H3,(H4,11,12,13,14). The normalized spacial score (nSPS) is 10.9. The first-order valence-corrected chi connectivity index (χ1v) is 5.02. The van der Waals surface area contributed by atoms with Crippen molar-refractivity contribution >= 4 is 11.8 Å². The summed E-state index contributed by atoms with van der Waals surface area (Å²) in [5.74, 6) is 1.44. The van der Waals surface area contributed by atoms with Gasteiger partial charge in [0.2, 0.25) is 5.95 Å². The molecule has 0 amide bonds. The minimum atomic E-state index is 0.150. The molecule has 16 heavy (non-hydrogen) atoms. The van der Waals surface area contributed by atoms with Gasteiger partial charge in [-0.1, -0.05) is 13.8 Å². The molecule has 0 aliphatic heterocycles. The summed E-state index contributed by atoms with van der Waals surface area (Å²) in [5.41, 5.74) is 12.1. The fourth-order valence-corrected chi connectivity index (χ4v) is 1.36. The van der Waals surface area contributed by atoms with Gasteiger partial charge in [0.1, 0.15) is 5.82 Å². The van der Waals surface area contributed by atoms with E-state index in [1.165, 1.54) is 0 Å². The summed E-state index contributed by atoms with van der Waals surface area (Å²) in [4.78, 5) is 7.87. The summed E-state index contributed by atoms with van der Waals surface area (Å²) in [6.45, 7) is 4.16.